The lowest BCUT2D eigenvalue weighted by Gasteiger charge is -2.18. The number of aromatic amines is 1. The molecular formula is C13H23N3O3. The second-order valence-electron chi connectivity index (χ2n) is 4.69. The number of ether oxygens (including phenoxy) is 2. The van der Waals surface area contributed by atoms with Gasteiger partial charge < -0.3 is 19.8 Å². The molecule has 1 aromatic rings. The van der Waals surface area contributed by atoms with Gasteiger partial charge in [-0.25, -0.2) is 4.98 Å². The van der Waals surface area contributed by atoms with Crippen LogP contribution in [0.3, 0.4) is 0 Å². The Hall–Kier alpha value is -1.24. The maximum atomic E-state index is 11.6. The van der Waals surface area contributed by atoms with Gasteiger partial charge in [0.1, 0.15) is 11.9 Å². The summed E-state index contributed by atoms with van der Waals surface area (Å²) in [4.78, 5) is 18.8. The van der Waals surface area contributed by atoms with E-state index in [1.54, 1.807) is 14.2 Å². The fourth-order valence-electron chi connectivity index (χ4n) is 1.84. The molecule has 0 saturated carbocycles. The molecule has 6 nitrogen and oxygen atoms in total. The van der Waals surface area contributed by atoms with Crippen molar-refractivity contribution in [1.29, 1.82) is 0 Å². The highest BCUT2D eigenvalue weighted by atomic mass is 16.5. The second kappa shape index (κ2) is 8.04. The van der Waals surface area contributed by atoms with E-state index in [1.165, 1.54) is 6.07 Å². The quantitative estimate of drug-likeness (QED) is 0.684. The summed E-state index contributed by atoms with van der Waals surface area (Å²) < 4.78 is 10.3. The lowest BCUT2D eigenvalue weighted by atomic mass is 10.1. The molecule has 6 heteroatoms. The number of nitrogens with zero attached hydrogens (tertiary/aromatic N) is 1. The maximum absolute atomic E-state index is 11.6. The van der Waals surface area contributed by atoms with E-state index in [1.807, 2.05) is 13.8 Å². The molecule has 1 heterocycles. The number of methoxy groups -OCH3 is 2. The molecule has 0 radical (unpaired) electrons. The molecule has 0 aromatic carbocycles. The molecule has 108 valence electrons. The fourth-order valence-corrected chi connectivity index (χ4v) is 1.84. The third-order valence-electron chi connectivity index (χ3n) is 2.73. The van der Waals surface area contributed by atoms with E-state index in [9.17, 15) is 4.79 Å². The minimum atomic E-state index is -0.202. The summed E-state index contributed by atoms with van der Waals surface area (Å²) >= 11 is 0. The van der Waals surface area contributed by atoms with Crippen molar-refractivity contribution in [2.24, 2.45) is 5.92 Å². The minimum absolute atomic E-state index is 0.156. The molecule has 0 aliphatic carbocycles. The van der Waals surface area contributed by atoms with Crippen molar-refractivity contribution in [3.05, 3.63) is 27.9 Å². The molecule has 0 bridgehead atoms. The first-order valence-electron chi connectivity index (χ1n) is 6.41. The van der Waals surface area contributed by atoms with Gasteiger partial charge >= 0.3 is 0 Å². The van der Waals surface area contributed by atoms with Gasteiger partial charge in [-0.3, -0.25) is 4.79 Å². The topological polar surface area (TPSA) is 76.2 Å². The highest BCUT2D eigenvalue weighted by molar-refractivity contribution is 5.05. The van der Waals surface area contributed by atoms with Crippen LogP contribution in [-0.2, 0) is 16.0 Å². The molecule has 0 aliphatic rings. The van der Waals surface area contributed by atoms with Crippen molar-refractivity contribution in [2.75, 3.05) is 27.4 Å². The predicted octanol–water partition coefficient (Wildman–Crippen LogP) is 0.849. The fraction of sp³-hybridized carbons (Fsp3) is 0.692. The number of hydrogen-bond acceptors (Lipinski definition) is 5. The summed E-state index contributed by atoms with van der Waals surface area (Å²) in [5, 5.41) is 3.16. The van der Waals surface area contributed by atoms with Gasteiger partial charge in [0.05, 0.1) is 12.3 Å². The third-order valence-corrected chi connectivity index (χ3v) is 2.73. The molecule has 0 amide bonds. The molecule has 0 fully saturated rings. The molecule has 0 spiro atoms. The highest BCUT2D eigenvalue weighted by Gasteiger charge is 2.18. The Balaban J connectivity index is 2.78. The van der Waals surface area contributed by atoms with E-state index in [0.717, 1.165) is 6.54 Å². The van der Waals surface area contributed by atoms with E-state index in [-0.39, 0.29) is 17.6 Å². The van der Waals surface area contributed by atoms with Gasteiger partial charge in [0.15, 0.2) is 0 Å². The van der Waals surface area contributed by atoms with E-state index in [0.29, 0.717) is 24.7 Å². The van der Waals surface area contributed by atoms with Crippen LogP contribution in [0.15, 0.2) is 10.9 Å². The van der Waals surface area contributed by atoms with E-state index < -0.39 is 0 Å². The summed E-state index contributed by atoms with van der Waals surface area (Å²) in [5.41, 5.74) is 0.550. The number of nitrogens with one attached hydrogen (secondary N) is 2. The molecule has 19 heavy (non-hydrogen) atoms. The van der Waals surface area contributed by atoms with Crippen LogP contribution in [0.2, 0.25) is 0 Å². The maximum Gasteiger partial charge on any atom is 0.251 e. The smallest absolute Gasteiger partial charge is 0.251 e. The second-order valence-corrected chi connectivity index (χ2v) is 4.69. The van der Waals surface area contributed by atoms with Crippen LogP contribution in [0.1, 0.15) is 31.5 Å². The van der Waals surface area contributed by atoms with Gasteiger partial charge in [0, 0.05) is 33.4 Å². The van der Waals surface area contributed by atoms with Gasteiger partial charge in [0.2, 0.25) is 0 Å². The Labute approximate surface area is 113 Å². The first-order valence-corrected chi connectivity index (χ1v) is 6.41. The van der Waals surface area contributed by atoms with Gasteiger partial charge in [-0.2, -0.15) is 0 Å². The Morgan fingerprint density at radius 1 is 1.42 bits per heavy atom. The van der Waals surface area contributed by atoms with Crippen LogP contribution in [-0.4, -0.2) is 37.3 Å². The van der Waals surface area contributed by atoms with Gasteiger partial charge in [-0.15, -0.1) is 0 Å². The summed E-state index contributed by atoms with van der Waals surface area (Å²) in [5.74, 6) is 0.818. The number of rotatable bonds is 8. The first-order chi connectivity index (χ1) is 9.08. The van der Waals surface area contributed by atoms with Crippen molar-refractivity contribution in [2.45, 2.75) is 26.5 Å². The summed E-state index contributed by atoms with van der Waals surface area (Å²) in [6.45, 7) is 5.94. The zero-order valence-electron chi connectivity index (χ0n) is 12.0. The van der Waals surface area contributed by atoms with Crippen molar-refractivity contribution in [3.63, 3.8) is 0 Å². The van der Waals surface area contributed by atoms with Gasteiger partial charge in [0.25, 0.3) is 5.56 Å². The van der Waals surface area contributed by atoms with Gasteiger partial charge in [-0.05, 0) is 5.92 Å². The molecule has 1 atom stereocenters. The average molecular weight is 269 g/mol. The first kappa shape index (κ1) is 15.8. The van der Waals surface area contributed by atoms with Crippen LogP contribution in [0.4, 0.5) is 0 Å². The Bertz CT molecular complexity index is 431. The van der Waals surface area contributed by atoms with Crippen molar-refractivity contribution in [3.8, 4) is 0 Å². The molecule has 0 aliphatic heterocycles. The van der Waals surface area contributed by atoms with Crippen LogP contribution < -0.4 is 10.9 Å². The zero-order chi connectivity index (χ0) is 14.3. The number of H-pyrrole nitrogens is 1. The van der Waals surface area contributed by atoms with Crippen LogP contribution >= 0.6 is 0 Å². The van der Waals surface area contributed by atoms with E-state index in [2.05, 4.69) is 15.3 Å². The summed E-state index contributed by atoms with van der Waals surface area (Å²) in [7, 11) is 3.27. The van der Waals surface area contributed by atoms with Crippen molar-refractivity contribution < 1.29 is 9.47 Å². The molecule has 0 saturated heterocycles. The standard InChI is InChI=1S/C13H23N3O3/c1-9(2)12(19-4)13-15-10(7-11(17)16-13)8-14-5-6-18-3/h7,9,12,14H,5-6,8H2,1-4H3,(H,15,16,17). The lowest BCUT2D eigenvalue weighted by molar-refractivity contribution is 0.0570. The third kappa shape index (κ3) is 5.10. The number of aromatic nitrogens is 2. The van der Waals surface area contributed by atoms with Gasteiger partial charge in [-0.1, -0.05) is 13.8 Å². The molecule has 1 aromatic heterocycles. The number of hydrogen-bond donors (Lipinski definition) is 2. The van der Waals surface area contributed by atoms with E-state index in [4.69, 9.17) is 9.47 Å². The van der Waals surface area contributed by atoms with E-state index >= 15 is 0 Å². The van der Waals surface area contributed by atoms with Crippen LogP contribution in [0.25, 0.3) is 0 Å². The SMILES string of the molecule is COCCNCc1cc(=O)[nH]c(C(OC)C(C)C)n1. The highest BCUT2D eigenvalue weighted by Crippen LogP contribution is 2.20. The van der Waals surface area contributed by atoms with Crippen molar-refractivity contribution in [1.82, 2.24) is 15.3 Å². The van der Waals surface area contributed by atoms with Crippen LogP contribution in [0.5, 0.6) is 0 Å². The largest absolute Gasteiger partial charge is 0.383 e. The predicted molar refractivity (Wildman–Crippen MR) is 73.0 cm³/mol. The Morgan fingerprint density at radius 3 is 2.74 bits per heavy atom. The Kier molecular flexibility index (Phi) is 6.69. The average Bonchev–Trinajstić information content (AvgIpc) is 2.34. The molecule has 1 unspecified atom stereocenters. The Morgan fingerprint density at radius 2 is 2.16 bits per heavy atom. The minimum Gasteiger partial charge on any atom is -0.383 e. The van der Waals surface area contributed by atoms with Crippen LogP contribution in [0, 0.1) is 5.92 Å². The zero-order valence-corrected chi connectivity index (χ0v) is 12.0. The monoisotopic (exact) mass is 269 g/mol. The summed E-state index contributed by atoms with van der Waals surface area (Å²) in [6.07, 6.45) is -0.202. The summed E-state index contributed by atoms with van der Waals surface area (Å²) in [6, 6.07) is 1.50. The normalized spacial score (nSPS) is 12.9. The van der Waals surface area contributed by atoms with Crippen molar-refractivity contribution >= 4 is 0 Å². The molecule has 1 rings (SSSR count). The lowest BCUT2D eigenvalue weighted by Crippen LogP contribution is -2.24. The molecule has 2 N–H and O–H groups in total. The molecular weight excluding hydrogens is 246 g/mol.